The Labute approximate surface area is 284 Å². The Balaban J connectivity index is 1.27. The second-order valence-corrected chi connectivity index (χ2v) is 13.5. The second kappa shape index (κ2) is 13.9. The zero-order valence-electron chi connectivity index (χ0n) is 28.1. The molecule has 49 heavy (non-hydrogen) atoms. The van der Waals surface area contributed by atoms with Gasteiger partial charge in [-0.1, -0.05) is 38.1 Å². The first-order chi connectivity index (χ1) is 23.5. The number of ether oxygens (including phenoxy) is 5. The smallest absolute Gasteiger partial charge is 0.397 e. The van der Waals surface area contributed by atoms with Crippen molar-refractivity contribution < 1.29 is 48.0 Å². The Morgan fingerprint density at radius 2 is 1.98 bits per heavy atom. The quantitative estimate of drug-likeness (QED) is 0.170. The number of aliphatic hydroxyl groups excluding tert-OH is 1. The van der Waals surface area contributed by atoms with Crippen LogP contribution in [0.1, 0.15) is 50.3 Å². The van der Waals surface area contributed by atoms with E-state index in [2.05, 4.69) is 15.3 Å². The molecule has 2 aliphatic heterocycles. The van der Waals surface area contributed by atoms with E-state index in [1.165, 1.54) is 7.11 Å². The third-order valence-corrected chi connectivity index (χ3v) is 10.6. The van der Waals surface area contributed by atoms with Crippen LogP contribution in [0.5, 0.6) is 0 Å². The summed E-state index contributed by atoms with van der Waals surface area (Å²) in [6, 6.07) is 8.55. The molecular weight excluding hydrogens is 634 g/mol. The lowest BCUT2D eigenvalue weighted by Crippen LogP contribution is -2.57. The molecule has 1 saturated carbocycles. The maximum absolute atomic E-state index is 13.6. The topological polar surface area (TPSA) is 175 Å². The molecule has 2 aliphatic carbocycles. The molecule has 2 unspecified atom stereocenters. The number of aromatic nitrogens is 2. The molecule has 2 aromatic heterocycles. The maximum Gasteiger partial charge on any atom is 0.397 e. The lowest BCUT2D eigenvalue weighted by atomic mass is 9.57. The highest BCUT2D eigenvalue weighted by atomic mass is 16.6. The fourth-order valence-electron chi connectivity index (χ4n) is 8.16. The molecule has 4 heterocycles. The monoisotopic (exact) mass is 677 g/mol. The van der Waals surface area contributed by atoms with E-state index in [4.69, 9.17) is 23.7 Å². The average molecular weight is 678 g/mol. The number of nitrogens with zero attached hydrogens (tertiary/aromatic N) is 1. The van der Waals surface area contributed by atoms with Crippen molar-refractivity contribution in [1.82, 2.24) is 15.3 Å². The number of hydrogen-bond donors (Lipinski definition) is 3. The number of cyclic esters (lactones) is 1. The van der Waals surface area contributed by atoms with Gasteiger partial charge >= 0.3 is 23.8 Å². The Morgan fingerprint density at radius 3 is 2.67 bits per heavy atom. The molecule has 6 rings (SSSR count). The van der Waals surface area contributed by atoms with Gasteiger partial charge in [-0.15, -0.1) is 0 Å². The first kappa shape index (κ1) is 34.5. The molecule has 13 nitrogen and oxygen atoms in total. The van der Waals surface area contributed by atoms with E-state index in [9.17, 15) is 24.3 Å². The highest BCUT2D eigenvalue weighted by molar-refractivity contribution is 6.32. The fraction of sp³-hybridized carbons (Fsp3) is 0.528. The summed E-state index contributed by atoms with van der Waals surface area (Å²) >= 11 is 0. The normalized spacial score (nSPS) is 36.7. The molecule has 12 atom stereocenters. The van der Waals surface area contributed by atoms with Crippen molar-refractivity contribution in [2.45, 2.75) is 82.9 Å². The van der Waals surface area contributed by atoms with Gasteiger partial charge in [0, 0.05) is 49.1 Å². The first-order valence-corrected chi connectivity index (χ1v) is 16.7. The Bertz CT molecular complexity index is 1610. The van der Waals surface area contributed by atoms with Crippen LogP contribution < -0.4 is 5.32 Å². The largest absolute Gasteiger partial charge is 0.456 e. The van der Waals surface area contributed by atoms with Crippen LogP contribution in [0.15, 0.2) is 66.5 Å². The number of methoxy groups -OCH3 is 1. The first-order valence-electron chi connectivity index (χ1n) is 16.7. The van der Waals surface area contributed by atoms with Gasteiger partial charge in [-0.25, -0.2) is 14.4 Å². The molecule has 4 bridgehead atoms. The SMILES string of the molecule is CO[C@H]1C[C@H]2C=CC3C4[C@H](O)[C@@H](C)[C@@H](OC(=O)c5ccc[nH]5)[C@@H]3O[C@]42/C(C)=C/[C@@H](C)[C@@H]([C@@H](C)OC(=O)C(=O)NCc2ccccn2)OC1=O. The van der Waals surface area contributed by atoms with Crippen LogP contribution in [0.25, 0.3) is 0 Å². The number of esters is 3. The summed E-state index contributed by atoms with van der Waals surface area (Å²) in [7, 11) is 1.41. The predicted octanol–water partition coefficient (Wildman–Crippen LogP) is 2.66. The van der Waals surface area contributed by atoms with Gasteiger partial charge in [-0.05, 0) is 50.1 Å². The summed E-state index contributed by atoms with van der Waals surface area (Å²) in [5.41, 5.74) is 0.592. The number of pyridine rings is 1. The maximum atomic E-state index is 13.6. The number of aromatic amines is 1. The van der Waals surface area contributed by atoms with E-state index in [1.807, 2.05) is 39.0 Å². The van der Waals surface area contributed by atoms with Crippen LogP contribution in [-0.4, -0.2) is 88.2 Å². The standard InChI is InChI=1S/C36H43N3O10/c1-18-15-19(2)36-22(11-12-24-27(36)28(40)20(3)30(31(24)49-36)48-33(42)25-10-8-14-38-25)16-26(45-5)34(43)47-29(18)21(4)46-35(44)32(41)39-17-23-9-6-7-13-37-23/h6-15,18,20-22,24,26-31,38,40H,16-17H2,1-5H3,(H,39,41)/b19-15+/t18-,20-,21-,22-,24?,26+,27?,28-,29+,30-,31-,36+/m1/s1. The summed E-state index contributed by atoms with van der Waals surface area (Å²) in [6.07, 6.45) is 4.06. The molecule has 4 aliphatic rings. The van der Waals surface area contributed by atoms with Crippen molar-refractivity contribution in [2.24, 2.45) is 29.6 Å². The van der Waals surface area contributed by atoms with Crippen molar-refractivity contribution >= 4 is 23.8 Å². The molecule has 13 heteroatoms. The number of carbonyl (C=O) groups is 4. The number of H-pyrrole nitrogens is 1. The average Bonchev–Trinajstić information content (AvgIpc) is 3.70. The Morgan fingerprint density at radius 1 is 1.18 bits per heavy atom. The predicted molar refractivity (Wildman–Crippen MR) is 172 cm³/mol. The van der Waals surface area contributed by atoms with Gasteiger partial charge in [0.1, 0.15) is 35.7 Å². The molecule has 1 amide bonds. The third kappa shape index (κ3) is 6.30. The zero-order valence-corrected chi connectivity index (χ0v) is 28.1. The summed E-state index contributed by atoms with van der Waals surface area (Å²) in [4.78, 5) is 59.1. The zero-order chi connectivity index (χ0) is 35.0. The van der Waals surface area contributed by atoms with Gasteiger partial charge in [0.15, 0.2) is 6.10 Å². The fourth-order valence-corrected chi connectivity index (χ4v) is 8.16. The van der Waals surface area contributed by atoms with Crippen LogP contribution in [0.3, 0.4) is 0 Å². The number of aliphatic hydroxyl groups is 1. The van der Waals surface area contributed by atoms with Crippen LogP contribution >= 0.6 is 0 Å². The summed E-state index contributed by atoms with van der Waals surface area (Å²) < 4.78 is 30.1. The van der Waals surface area contributed by atoms with Crippen molar-refractivity contribution in [3.8, 4) is 0 Å². The van der Waals surface area contributed by atoms with Gasteiger partial charge in [0.05, 0.1) is 18.3 Å². The Kier molecular flexibility index (Phi) is 9.79. The highest BCUT2D eigenvalue weighted by Crippen LogP contribution is 2.61. The van der Waals surface area contributed by atoms with E-state index < -0.39 is 89.7 Å². The minimum atomic E-state index is -1.13. The van der Waals surface area contributed by atoms with Gasteiger partial charge < -0.3 is 39.1 Å². The minimum absolute atomic E-state index is 0.0345. The molecule has 3 N–H and O–H groups in total. The van der Waals surface area contributed by atoms with Crippen molar-refractivity contribution in [2.75, 3.05) is 7.11 Å². The van der Waals surface area contributed by atoms with E-state index in [-0.39, 0.29) is 18.9 Å². The third-order valence-electron chi connectivity index (χ3n) is 10.6. The van der Waals surface area contributed by atoms with Gasteiger partial charge in [0.25, 0.3) is 0 Å². The summed E-state index contributed by atoms with van der Waals surface area (Å²) in [5.74, 6) is -5.33. The molecule has 0 aromatic carbocycles. The number of nitrogens with one attached hydrogen (secondary N) is 2. The molecule has 1 spiro atoms. The number of hydrogen-bond acceptors (Lipinski definition) is 11. The van der Waals surface area contributed by atoms with E-state index in [0.29, 0.717) is 11.4 Å². The number of carbonyl (C=O) groups excluding carboxylic acids is 4. The summed E-state index contributed by atoms with van der Waals surface area (Å²) in [6.45, 7) is 7.18. The lowest BCUT2D eigenvalue weighted by molar-refractivity contribution is -0.180. The molecular formula is C36H43N3O10. The van der Waals surface area contributed by atoms with Crippen molar-refractivity contribution in [1.29, 1.82) is 0 Å². The van der Waals surface area contributed by atoms with E-state index in [1.54, 1.807) is 49.6 Å². The van der Waals surface area contributed by atoms with Crippen LogP contribution in [0.2, 0.25) is 0 Å². The van der Waals surface area contributed by atoms with Gasteiger partial charge in [-0.3, -0.25) is 9.78 Å². The number of amides is 1. The van der Waals surface area contributed by atoms with Crippen molar-refractivity contribution in [3.05, 3.63) is 77.9 Å². The van der Waals surface area contributed by atoms with E-state index in [0.717, 1.165) is 5.57 Å². The van der Waals surface area contributed by atoms with E-state index >= 15 is 0 Å². The molecule has 2 aromatic rings. The minimum Gasteiger partial charge on any atom is -0.456 e. The van der Waals surface area contributed by atoms with Crippen LogP contribution in [0.4, 0.5) is 0 Å². The number of rotatable bonds is 7. The molecule has 2 fully saturated rings. The van der Waals surface area contributed by atoms with Crippen LogP contribution in [0, 0.1) is 29.6 Å². The summed E-state index contributed by atoms with van der Waals surface area (Å²) in [5, 5.41) is 14.4. The van der Waals surface area contributed by atoms with Gasteiger partial charge in [-0.2, -0.15) is 0 Å². The second-order valence-electron chi connectivity index (χ2n) is 13.5. The van der Waals surface area contributed by atoms with Gasteiger partial charge in [0.2, 0.25) is 0 Å². The molecule has 1 saturated heterocycles. The molecule has 262 valence electrons. The molecule has 0 radical (unpaired) electrons. The lowest BCUT2D eigenvalue weighted by Gasteiger charge is -2.48. The van der Waals surface area contributed by atoms with Crippen molar-refractivity contribution in [3.63, 3.8) is 0 Å². The van der Waals surface area contributed by atoms with Crippen LogP contribution in [-0.2, 0) is 44.6 Å². The highest BCUT2D eigenvalue weighted by Gasteiger charge is 2.69. The Hall–Kier alpha value is -4.33.